The number of carbonyl (C=O) groups is 1. The highest BCUT2D eigenvalue weighted by Crippen LogP contribution is 2.23. The number of fused-ring (bicyclic) bond motifs is 1. The van der Waals surface area contributed by atoms with Crippen molar-refractivity contribution in [3.63, 3.8) is 0 Å². The average molecular weight is 549 g/mol. The minimum Gasteiger partial charge on any atom is -0.383 e. The molecule has 3 unspecified atom stereocenters. The summed E-state index contributed by atoms with van der Waals surface area (Å²) in [5.41, 5.74) is 0.147. The molecule has 10 nitrogen and oxygen atoms in total. The third-order valence-electron chi connectivity index (χ3n) is 5.51. The Morgan fingerprint density at radius 3 is 2.64 bits per heavy atom. The second kappa shape index (κ2) is 10.7. The fourth-order valence-electron chi connectivity index (χ4n) is 3.54. The van der Waals surface area contributed by atoms with Gasteiger partial charge in [-0.25, -0.2) is 4.98 Å². The molecule has 2 heterocycles. The first-order valence-electron chi connectivity index (χ1n) is 10.9. The van der Waals surface area contributed by atoms with E-state index in [1.54, 1.807) is 19.1 Å². The molecule has 1 aliphatic rings. The number of carbonyl (C=O) groups excluding carboxylic acids is 1. The monoisotopic (exact) mass is 549 g/mol. The molecule has 0 radical (unpaired) electrons. The Morgan fingerprint density at radius 1 is 1.22 bits per heavy atom. The van der Waals surface area contributed by atoms with E-state index in [9.17, 15) is 23.1 Å². The number of aryl methyl sites for hydroxylation is 1. The van der Waals surface area contributed by atoms with Crippen LogP contribution in [0, 0.1) is 6.92 Å². The lowest BCUT2D eigenvalue weighted by molar-refractivity contribution is 0.0432. The lowest BCUT2D eigenvalue weighted by Crippen LogP contribution is -2.34. The van der Waals surface area contributed by atoms with Gasteiger partial charge < -0.3 is 19.3 Å². The number of hydrogen-bond acceptors (Lipinski definition) is 8. The highest BCUT2D eigenvalue weighted by atomic mass is 32.2. The van der Waals surface area contributed by atoms with Crippen LogP contribution in [-0.4, -0.2) is 42.2 Å². The molecule has 2 aromatic carbocycles. The summed E-state index contributed by atoms with van der Waals surface area (Å²) in [6.45, 7) is 1.83. The van der Waals surface area contributed by atoms with Gasteiger partial charge in [-0.1, -0.05) is 29.8 Å². The summed E-state index contributed by atoms with van der Waals surface area (Å²) < 4.78 is 37.5. The molecule has 4 rings (SSSR count). The predicted molar refractivity (Wildman–Crippen MR) is 140 cm³/mol. The van der Waals surface area contributed by atoms with E-state index in [-0.39, 0.29) is 37.0 Å². The summed E-state index contributed by atoms with van der Waals surface area (Å²) in [6, 6.07) is 11.4. The van der Waals surface area contributed by atoms with Crippen LogP contribution in [0.1, 0.15) is 33.5 Å². The Labute approximate surface area is 212 Å². The van der Waals surface area contributed by atoms with E-state index in [1.807, 2.05) is 18.2 Å². The van der Waals surface area contributed by atoms with Crippen molar-refractivity contribution in [3.8, 4) is 5.75 Å². The highest BCUT2D eigenvalue weighted by molar-refractivity contribution is 7.87. The fraction of sp³-hybridized carbons (Fsp3) is 0.261. The molecule has 3 aromatic rings. The van der Waals surface area contributed by atoms with Gasteiger partial charge in [0.1, 0.15) is 16.8 Å². The van der Waals surface area contributed by atoms with Crippen molar-refractivity contribution in [3.05, 3.63) is 75.5 Å². The second-order valence-corrected chi connectivity index (χ2v) is 11.0. The summed E-state index contributed by atoms with van der Waals surface area (Å²) >= 11 is 0. The van der Waals surface area contributed by atoms with E-state index in [4.69, 9.17) is 8.92 Å². The number of aromatic nitrogens is 2. The van der Waals surface area contributed by atoms with Gasteiger partial charge in [0, 0.05) is 6.54 Å². The molecule has 190 valence electrons. The first-order valence-corrected chi connectivity index (χ1v) is 13.5. The van der Waals surface area contributed by atoms with Crippen LogP contribution in [-0.2, 0) is 27.9 Å². The van der Waals surface area contributed by atoms with Crippen molar-refractivity contribution in [2.24, 2.45) is 0 Å². The molecule has 1 amide bonds. The van der Waals surface area contributed by atoms with Gasteiger partial charge in [0.25, 0.3) is 11.5 Å². The van der Waals surface area contributed by atoms with Gasteiger partial charge in [0.05, 0.1) is 19.8 Å². The zero-order valence-electron chi connectivity index (χ0n) is 19.3. The molecule has 0 saturated heterocycles. The van der Waals surface area contributed by atoms with E-state index >= 15 is 0 Å². The number of amides is 1. The van der Waals surface area contributed by atoms with Crippen LogP contribution in [0.3, 0.4) is 0 Å². The van der Waals surface area contributed by atoms with Crippen molar-refractivity contribution in [1.82, 2.24) is 14.9 Å². The quantitative estimate of drug-likeness (QED) is 0.331. The molecular formula is C23H25N3O7P2S. The third kappa shape index (κ3) is 5.66. The Hall–Kier alpha value is -2.68. The molecule has 2 N–H and O–H groups in total. The van der Waals surface area contributed by atoms with Crippen molar-refractivity contribution >= 4 is 45.1 Å². The van der Waals surface area contributed by atoms with Crippen molar-refractivity contribution in [2.75, 3.05) is 13.2 Å². The van der Waals surface area contributed by atoms with E-state index in [0.717, 1.165) is 26.3 Å². The zero-order valence-corrected chi connectivity index (χ0v) is 22.4. The summed E-state index contributed by atoms with van der Waals surface area (Å²) in [7, 11) is 0.714. The van der Waals surface area contributed by atoms with Gasteiger partial charge in [0.15, 0.2) is 5.69 Å². The van der Waals surface area contributed by atoms with Crippen LogP contribution in [0.25, 0.3) is 0 Å². The van der Waals surface area contributed by atoms with E-state index in [2.05, 4.69) is 28.8 Å². The zero-order chi connectivity index (χ0) is 26.0. The second-order valence-electron chi connectivity index (χ2n) is 8.19. The van der Waals surface area contributed by atoms with E-state index in [1.165, 1.54) is 12.1 Å². The fourth-order valence-corrected chi connectivity index (χ4v) is 4.97. The molecule has 13 heteroatoms. The number of rotatable bonds is 6. The van der Waals surface area contributed by atoms with Crippen LogP contribution < -0.4 is 25.7 Å². The van der Waals surface area contributed by atoms with E-state index < -0.39 is 39.1 Å². The molecular weight excluding hydrogens is 524 g/mol. The van der Waals surface area contributed by atoms with Gasteiger partial charge in [-0.15, -0.1) is 18.5 Å². The van der Waals surface area contributed by atoms with Gasteiger partial charge in [-0.05, 0) is 41.3 Å². The lowest BCUT2D eigenvalue weighted by Gasteiger charge is -2.17. The molecule has 36 heavy (non-hydrogen) atoms. The topological polar surface area (TPSA) is 137 Å². The van der Waals surface area contributed by atoms with Gasteiger partial charge in [0.2, 0.25) is 5.75 Å². The molecule has 1 aromatic heterocycles. The Morgan fingerprint density at radius 2 is 1.94 bits per heavy atom. The standard InChI is InChI=1S/C23H25N3O7P2S/c1-13-2-5-15(6-3-13)36(30,31)33-20-19(22(28)24-11-14-4-7-17(34)18(35)10-14)25-21-16(27)12-32-9-8-26(21)23(20)29/h2-7,10,16,27H,8-9,11-12,34-35H2,1H3,(H,24,28). The van der Waals surface area contributed by atoms with Crippen molar-refractivity contribution in [1.29, 1.82) is 0 Å². The van der Waals surface area contributed by atoms with Gasteiger partial charge in [-0.3, -0.25) is 14.2 Å². The molecule has 0 bridgehead atoms. The van der Waals surface area contributed by atoms with Crippen LogP contribution in [0.4, 0.5) is 0 Å². The maximum atomic E-state index is 13.3. The Kier molecular flexibility index (Phi) is 7.87. The number of aliphatic hydroxyl groups excluding tert-OH is 1. The number of nitrogens with one attached hydrogen (secondary N) is 1. The first-order chi connectivity index (χ1) is 17.1. The van der Waals surface area contributed by atoms with Crippen molar-refractivity contribution in [2.45, 2.75) is 31.0 Å². The van der Waals surface area contributed by atoms with Gasteiger partial charge >= 0.3 is 10.1 Å². The molecule has 0 aliphatic carbocycles. The van der Waals surface area contributed by atoms with Crippen LogP contribution in [0.2, 0.25) is 0 Å². The Bertz CT molecular complexity index is 1470. The van der Waals surface area contributed by atoms with Crippen LogP contribution >= 0.6 is 18.5 Å². The van der Waals surface area contributed by atoms with E-state index in [0.29, 0.717) is 0 Å². The number of benzene rings is 2. The summed E-state index contributed by atoms with van der Waals surface area (Å²) in [6.07, 6.45) is -1.29. The largest absolute Gasteiger partial charge is 0.383 e. The predicted octanol–water partition coefficient (Wildman–Crippen LogP) is 0.314. The normalized spacial score (nSPS) is 15.6. The summed E-state index contributed by atoms with van der Waals surface area (Å²) in [4.78, 5) is 30.5. The molecule has 3 atom stereocenters. The third-order valence-corrected chi connectivity index (χ3v) is 8.11. The number of ether oxygens (including phenoxy) is 1. The van der Waals surface area contributed by atoms with Crippen LogP contribution in [0.15, 0.2) is 52.2 Å². The summed E-state index contributed by atoms with van der Waals surface area (Å²) in [5, 5.41) is 15.0. The van der Waals surface area contributed by atoms with Crippen molar-refractivity contribution < 1.29 is 27.2 Å². The smallest absolute Gasteiger partial charge is 0.339 e. The maximum absolute atomic E-state index is 13.3. The number of nitrogens with zero attached hydrogens (tertiary/aromatic N) is 2. The minimum atomic E-state index is -4.47. The lowest BCUT2D eigenvalue weighted by atomic mass is 10.2. The highest BCUT2D eigenvalue weighted by Gasteiger charge is 2.31. The number of aliphatic hydroxyl groups is 1. The number of hydrogen-bond donors (Lipinski definition) is 2. The molecule has 1 aliphatic heterocycles. The molecule has 0 spiro atoms. The molecule has 0 fully saturated rings. The Balaban J connectivity index is 1.75. The van der Waals surface area contributed by atoms with Crippen LogP contribution in [0.5, 0.6) is 5.75 Å². The van der Waals surface area contributed by atoms with Gasteiger partial charge in [-0.2, -0.15) is 8.42 Å². The minimum absolute atomic E-state index is 0.000608. The SMILES string of the molecule is Cc1ccc(S(=O)(=O)Oc2c(C(=O)NCc3ccc(P)c(P)c3)nc3n(c2=O)CCOCC3O)cc1. The first kappa shape index (κ1) is 26.4. The average Bonchev–Trinajstić information content (AvgIpc) is 3.03. The summed E-state index contributed by atoms with van der Waals surface area (Å²) in [5.74, 6) is -1.69. The molecule has 0 saturated carbocycles. The maximum Gasteiger partial charge on any atom is 0.339 e.